The summed E-state index contributed by atoms with van der Waals surface area (Å²) in [6.45, 7) is 5.82. The number of thioether (sulfide) groups is 1. The van der Waals surface area contributed by atoms with Crippen molar-refractivity contribution < 1.29 is 17.9 Å². The van der Waals surface area contributed by atoms with Crippen molar-refractivity contribution in [3.8, 4) is 0 Å². The highest BCUT2D eigenvalue weighted by Crippen LogP contribution is 2.29. The fraction of sp³-hybridized carbons (Fsp3) is 1.00. The van der Waals surface area contributed by atoms with E-state index in [1.54, 1.807) is 0 Å². The Hall–Kier alpha value is 0.0600. The number of ether oxygens (including phenoxy) is 1. The van der Waals surface area contributed by atoms with E-state index in [1.165, 1.54) is 0 Å². The summed E-state index contributed by atoms with van der Waals surface area (Å²) in [6, 6.07) is 0. The number of hydrogen-bond donors (Lipinski definition) is 1. The first-order valence-electron chi connectivity index (χ1n) is 5.45. The van der Waals surface area contributed by atoms with Crippen LogP contribution in [-0.2, 0) is 4.74 Å². The quantitative estimate of drug-likeness (QED) is 0.643. The van der Waals surface area contributed by atoms with Crippen LogP contribution in [0.2, 0.25) is 0 Å². The molecule has 0 aliphatic heterocycles. The van der Waals surface area contributed by atoms with Crippen LogP contribution in [0.4, 0.5) is 13.2 Å². The van der Waals surface area contributed by atoms with E-state index in [0.29, 0.717) is 6.54 Å². The molecule has 98 valence electrons. The molecule has 0 saturated heterocycles. The first-order valence-corrected chi connectivity index (χ1v) is 6.43. The highest BCUT2D eigenvalue weighted by Gasteiger charge is 2.27. The number of unbranched alkanes of at least 4 members (excludes halogenated alkanes) is 1. The van der Waals surface area contributed by atoms with Crippen LogP contribution in [0, 0.1) is 0 Å². The van der Waals surface area contributed by atoms with E-state index in [2.05, 4.69) is 5.32 Å². The SMILES string of the molecule is CC(C)OCCCCNCCSC(F)(F)F. The van der Waals surface area contributed by atoms with Crippen LogP contribution < -0.4 is 5.32 Å². The van der Waals surface area contributed by atoms with Crippen molar-refractivity contribution in [3.05, 3.63) is 0 Å². The normalized spacial score (nSPS) is 12.4. The highest BCUT2D eigenvalue weighted by atomic mass is 32.2. The van der Waals surface area contributed by atoms with Crippen LogP contribution >= 0.6 is 11.8 Å². The minimum absolute atomic E-state index is 0.0186. The van der Waals surface area contributed by atoms with Gasteiger partial charge in [0.25, 0.3) is 0 Å². The van der Waals surface area contributed by atoms with Crippen molar-refractivity contribution in [3.63, 3.8) is 0 Å². The molecule has 0 radical (unpaired) electrons. The van der Waals surface area contributed by atoms with Gasteiger partial charge in [-0.05, 0) is 45.0 Å². The Morgan fingerprint density at radius 1 is 1.19 bits per heavy atom. The van der Waals surface area contributed by atoms with Crippen LogP contribution in [-0.4, -0.2) is 37.1 Å². The molecule has 0 fully saturated rings. The molecule has 0 rings (SSSR count). The van der Waals surface area contributed by atoms with Crippen molar-refractivity contribution in [1.82, 2.24) is 5.32 Å². The fourth-order valence-electron chi connectivity index (χ4n) is 1.04. The Balaban J connectivity index is 3.05. The average Bonchev–Trinajstić information content (AvgIpc) is 2.13. The number of halogens is 3. The molecule has 2 nitrogen and oxygen atoms in total. The number of alkyl halides is 3. The Labute approximate surface area is 99.3 Å². The molecule has 0 saturated carbocycles. The lowest BCUT2D eigenvalue weighted by Crippen LogP contribution is -2.20. The van der Waals surface area contributed by atoms with Gasteiger partial charge in [-0.25, -0.2) is 0 Å². The molecular formula is C10H20F3NOS. The topological polar surface area (TPSA) is 21.3 Å². The molecule has 0 unspecified atom stereocenters. The molecular weight excluding hydrogens is 239 g/mol. The third kappa shape index (κ3) is 14.1. The Bertz CT molecular complexity index is 165. The van der Waals surface area contributed by atoms with Gasteiger partial charge in [0, 0.05) is 18.9 Å². The van der Waals surface area contributed by atoms with Gasteiger partial charge < -0.3 is 10.1 Å². The summed E-state index contributed by atoms with van der Waals surface area (Å²) in [6.07, 6.45) is 2.12. The predicted molar refractivity (Wildman–Crippen MR) is 61.7 cm³/mol. The Kier molecular flexibility index (Phi) is 9.16. The van der Waals surface area contributed by atoms with Gasteiger partial charge in [-0.2, -0.15) is 13.2 Å². The number of hydrogen-bond acceptors (Lipinski definition) is 3. The summed E-state index contributed by atoms with van der Waals surface area (Å²) < 4.78 is 40.5. The maximum atomic E-state index is 11.7. The summed E-state index contributed by atoms with van der Waals surface area (Å²) >= 11 is 0.0186. The van der Waals surface area contributed by atoms with Crippen molar-refractivity contribution >= 4 is 11.8 Å². The van der Waals surface area contributed by atoms with Crippen molar-refractivity contribution in [1.29, 1.82) is 0 Å². The summed E-state index contributed by atoms with van der Waals surface area (Å²) in [5.74, 6) is 0.0754. The summed E-state index contributed by atoms with van der Waals surface area (Å²) in [4.78, 5) is 0. The van der Waals surface area contributed by atoms with Gasteiger partial charge >= 0.3 is 5.51 Å². The monoisotopic (exact) mass is 259 g/mol. The summed E-state index contributed by atoms with van der Waals surface area (Å²) in [7, 11) is 0. The minimum Gasteiger partial charge on any atom is -0.379 e. The van der Waals surface area contributed by atoms with Gasteiger partial charge in [-0.1, -0.05) is 0 Å². The molecule has 6 heteroatoms. The van der Waals surface area contributed by atoms with Crippen LogP contribution in [0.15, 0.2) is 0 Å². The Morgan fingerprint density at radius 3 is 2.44 bits per heavy atom. The molecule has 0 atom stereocenters. The molecule has 0 bridgehead atoms. The van der Waals surface area contributed by atoms with E-state index < -0.39 is 5.51 Å². The maximum Gasteiger partial charge on any atom is 0.441 e. The van der Waals surface area contributed by atoms with Crippen molar-refractivity contribution in [2.45, 2.75) is 38.3 Å². The second kappa shape index (κ2) is 9.13. The van der Waals surface area contributed by atoms with Gasteiger partial charge in [0.1, 0.15) is 0 Å². The second-order valence-electron chi connectivity index (χ2n) is 3.67. The lowest BCUT2D eigenvalue weighted by atomic mass is 10.3. The summed E-state index contributed by atoms with van der Waals surface area (Å²) in [5, 5.41) is 2.97. The lowest BCUT2D eigenvalue weighted by molar-refractivity contribution is -0.0327. The van der Waals surface area contributed by atoms with Crippen LogP contribution in [0.5, 0.6) is 0 Å². The van der Waals surface area contributed by atoms with Crippen LogP contribution in [0.1, 0.15) is 26.7 Å². The maximum absolute atomic E-state index is 11.7. The van der Waals surface area contributed by atoms with Crippen LogP contribution in [0.3, 0.4) is 0 Å². The van der Waals surface area contributed by atoms with Crippen molar-refractivity contribution in [2.24, 2.45) is 0 Å². The fourth-order valence-corrected chi connectivity index (χ4v) is 1.51. The van der Waals surface area contributed by atoms with E-state index >= 15 is 0 Å². The van der Waals surface area contributed by atoms with E-state index in [1.807, 2.05) is 13.8 Å². The van der Waals surface area contributed by atoms with Crippen molar-refractivity contribution in [2.75, 3.05) is 25.4 Å². The average molecular weight is 259 g/mol. The Morgan fingerprint density at radius 2 is 1.88 bits per heavy atom. The van der Waals surface area contributed by atoms with Gasteiger partial charge in [0.05, 0.1) is 6.10 Å². The third-order valence-electron chi connectivity index (χ3n) is 1.74. The molecule has 0 aliphatic carbocycles. The van der Waals surface area contributed by atoms with E-state index in [9.17, 15) is 13.2 Å². The van der Waals surface area contributed by atoms with E-state index in [4.69, 9.17) is 4.74 Å². The van der Waals surface area contributed by atoms with Gasteiger partial charge in [0.15, 0.2) is 0 Å². The van der Waals surface area contributed by atoms with Gasteiger partial charge in [-0.15, -0.1) is 0 Å². The molecule has 0 amide bonds. The van der Waals surface area contributed by atoms with Gasteiger partial charge in [0.2, 0.25) is 0 Å². The van der Waals surface area contributed by atoms with E-state index in [-0.39, 0.29) is 23.6 Å². The number of rotatable bonds is 9. The summed E-state index contributed by atoms with van der Waals surface area (Å²) in [5.41, 5.74) is -4.10. The second-order valence-corrected chi connectivity index (χ2v) is 4.83. The predicted octanol–water partition coefficient (Wildman–Crippen LogP) is 3.03. The van der Waals surface area contributed by atoms with E-state index in [0.717, 1.165) is 26.0 Å². The zero-order valence-corrected chi connectivity index (χ0v) is 10.6. The number of nitrogens with one attached hydrogen (secondary N) is 1. The molecule has 0 aromatic rings. The molecule has 0 aromatic heterocycles. The first-order chi connectivity index (χ1) is 7.42. The zero-order valence-electron chi connectivity index (χ0n) is 9.77. The molecule has 0 spiro atoms. The molecule has 0 aromatic carbocycles. The molecule has 1 N–H and O–H groups in total. The third-order valence-corrected chi connectivity index (χ3v) is 2.48. The molecule has 0 heterocycles. The zero-order chi connectivity index (χ0) is 12.4. The highest BCUT2D eigenvalue weighted by molar-refractivity contribution is 8.00. The largest absolute Gasteiger partial charge is 0.441 e. The van der Waals surface area contributed by atoms with Crippen LogP contribution in [0.25, 0.3) is 0 Å². The molecule has 0 aliphatic rings. The minimum atomic E-state index is -4.10. The van der Waals surface area contributed by atoms with Gasteiger partial charge in [-0.3, -0.25) is 0 Å². The first kappa shape index (κ1) is 16.1. The molecule has 16 heavy (non-hydrogen) atoms. The smallest absolute Gasteiger partial charge is 0.379 e. The lowest BCUT2D eigenvalue weighted by Gasteiger charge is -2.08. The standard InChI is InChI=1S/C10H20F3NOS/c1-9(2)15-7-4-3-5-14-6-8-16-10(11,12)13/h9,14H,3-8H2,1-2H3.